The zero-order valence-corrected chi connectivity index (χ0v) is 9.15. The van der Waals surface area contributed by atoms with E-state index in [4.69, 9.17) is 10.5 Å². The topological polar surface area (TPSA) is 84.2 Å². The molecule has 1 rings (SSSR count). The Labute approximate surface area is 88.1 Å². The molecule has 1 heterocycles. The molecule has 0 saturated carbocycles. The van der Waals surface area contributed by atoms with Gasteiger partial charge >= 0.3 is 0 Å². The highest BCUT2D eigenvalue weighted by Crippen LogP contribution is 2.20. The molecular formula is C9H16N4O2. The van der Waals surface area contributed by atoms with Crippen LogP contribution in [0.4, 0.5) is 5.82 Å². The molecule has 0 bridgehead atoms. The van der Waals surface area contributed by atoms with Gasteiger partial charge in [-0.1, -0.05) is 0 Å². The van der Waals surface area contributed by atoms with E-state index in [1.165, 1.54) is 13.4 Å². The van der Waals surface area contributed by atoms with Crippen LogP contribution in [0, 0.1) is 0 Å². The van der Waals surface area contributed by atoms with Crippen LogP contribution in [-0.4, -0.2) is 36.7 Å². The van der Waals surface area contributed by atoms with Crippen molar-refractivity contribution in [2.45, 2.75) is 13.0 Å². The first-order chi connectivity index (χ1) is 7.11. The summed E-state index contributed by atoms with van der Waals surface area (Å²) in [4.78, 5) is 19.7. The van der Waals surface area contributed by atoms with Crippen LogP contribution < -0.4 is 20.9 Å². The minimum atomic E-state index is -0.293. The zero-order chi connectivity index (χ0) is 11.4. The fourth-order valence-electron chi connectivity index (χ4n) is 1.18. The van der Waals surface area contributed by atoms with Crippen molar-refractivity contribution in [3.63, 3.8) is 0 Å². The summed E-state index contributed by atoms with van der Waals surface area (Å²) in [6, 6.07) is 0.0909. The highest BCUT2D eigenvalue weighted by atomic mass is 16.5. The molecule has 0 saturated heterocycles. The van der Waals surface area contributed by atoms with E-state index in [9.17, 15) is 4.79 Å². The third kappa shape index (κ3) is 2.27. The van der Waals surface area contributed by atoms with Gasteiger partial charge in [-0.2, -0.15) is 0 Å². The highest BCUT2D eigenvalue weighted by molar-refractivity contribution is 5.50. The zero-order valence-electron chi connectivity index (χ0n) is 9.15. The number of hydrogen-bond donors (Lipinski definition) is 2. The van der Waals surface area contributed by atoms with Gasteiger partial charge in [-0.15, -0.1) is 0 Å². The Morgan fingerprint density at radius 1 is 1.73 bits per heavy atom. The van der Waals surface area contributed by atoms with E-state index < -0.39 is 0 Å². The molecule has 0 aliphatic rings. The number of nitrogens with two attached hydrogens (primary N) is 1. The van der Waals surface area contributed by atoms with E-state index >= 15 is 0 Å². The van der Waals surface area contributed by atoms with Gasteiger partial charge in [-0.25, -0.2) is 4.98 Å². The van der Waals surface area contributed by atoms with Gasteiger partial charge in [0.15, 0.2) is 5.82 Å². The number of nitrogens with one attached hydrogen (secondary N) is 1. The number of anilines is 1. The van der Waals surface area contributed by atoms with E-state index in [1.54, 1.807) is 0 Å². The largest absolute Gasteiger partial charge is 0.489 e. The van der Waals surface area contributed by atoms with Crippen LogP contribution >= 0.6 is 0 Å². The summed E-state index contributed by atoms with van der Waals surface area (Å²) in [7, 11) is 3.26. The number of hydrogen-bond acceptors (Lipinski definition) is 5. The van der Waals surface area contributed by atoms with Gasteiger partial charge < -0.3 is 20.4 Å². The maximum Gasteiger partial charge on any atom is 0.295 e. The summed E-state index contributed by atoms with van der Waals surface area (Å²) in [5, 5.41) is 0. The fourth-order valence-corrected chi connectivity index (χ4v) is 1.18. The maximum absolute atomic E-state index is 11.4. The summed E-state index contributed by atoms with van der Waals surface area (Å²) in [6.45, 7) is 2.43. The Morgan fingerprint density at radius 3 is 2.93 bits per heavy atom. The van der Waals surface area contributed by atoms with Gasteiger partial charge in [-0.05, 0) is 6.92 Å². The lowest BCUT2D eigenvalue weighted by Gasteiger charge is -2.25. The molecular weight excluding hydrogens is 196 g/mol. The van der Waals surface area contributed by atoms with Crippen LogP contribution in [-0.2, 0) is 0 Å². The minimum absolute atomic E-state index is 0.0909. The minimum Gasteiger partial charge on any atom is -0.489 e. The molecule has 6 nitrogen and oxygen atoms in total. The molecule has 0 fully saturated rings. The number of aromatic amines is 1. The molecule has 15 heavy (non-hydrogen) atoms. The predicted molar refractivity (Wildman–Crippen MR) is 58.3 cm³/mol. The van der Waals surface area contributed by atoms with Crippen LogP contribution in [0.2, 0.25) is 0 Å². The number of aromatic nitrogens is 2. The standard InChI is InChI=1S/C9H16N4O2/c1-6(4-10)13(2)8-7(15-3)9(14)12-5-11-8/h5-6H,4,10H2,1-3H3,(H,11,12,14). The molecule has 1 aromatic heterocycles. The number of methoxy groups -OCH3 is 1. The maximum atomic E-state index is 11.4. The lowest BCUT2D eigenvalue weighted by atomic mass is 10.3. The quantitative estimate of drug-likeness (QED) is 0.707. The number of likely N-dealkylation sites (N-methyl/N-ethyl adjacent to an activating group) is 1. The number of nitrogens with zero attached hydrogens (tertiary/aromatic N) is 2. The van der Waals surface area contributed by atoms with E-state index in [0.29, 0.717) is 12.4 Å². The number of ether oxygens (including phenoxy) is 1. The first kappa shape index (κ1) is 11.5. The van der Waals surface area contributed by atoms with Crippen LogP contribution in [0.15, 0.2) is 11.1 Å². The van der Waals surface area contributed by atoms with Gasteiger partial charge in [0.2, 0.25) is 5.75 Å². The monoisotopic (exact) mass is 212 g/mol. The van der Waals surface area contributed by atoms with Crippen molar-refractivity contribution in [3.05, 3.63) is 16.7 Å². The molecule has 0 aliphatic heterocycles. The molecule has 0 radical (unpaired) electrons. The van der Waals surface area contributed by atoms with Crippen LogP contribution in [0.3, 0.4) is 0 Å². The Hall–Kier alpha value is -1.56. The Bertz CT molecular complexity index is 377. The fraction of sp³-hybridized carbons (Fsp3) is 0.556. The molecule has 0 aromatic carbocycles. The van der Waals surface area contributed by atoms with Crippen LogP contribution in [0.1, 0.15) is 6.92 Å². The molecule has 1 unspecified atom stereocenters. The van der Waals surface area contributed by atoms with Crippen molar-refractivity contribution < 1.29 is 4.74 Å². The van der Waals surface area contributed by atoms with Gasteiger partial charge in [0.1, 0.15) is 0 Å². The summed E-state index contributed by atoms with van der Waals surface area (Å²) in [6.07, 6.45) is 1.35. The van der Waals surface area contributed by atoms with E-state index in [0.717, 1.165) is 0 Å². The third-order valence-corrected chi connectivity index (χ3v) is 2.33. The second-order valence-corrected chi connectivity index (χ2v) is 3.28. The molecule has 0 aliphatic carbocycles. The Balaban J connectivity index is 3.13. The Kier molecular flexibility index (Phi) is 3.68. The summed E-state index contributed by atoms with van der Waals surface area (Å²) < 4.78 is 5.00. The lowest BCUT2D eigenvalue weighted by Crippen LogP contribution is -2.36. The normalized spacial score (nSPS) is 12.3. The van der Waals surface area contributed by atoms with E-state index in [2.05, 4.69) is 9.97 Å². The summed E-state index contributed by atoms with van der Waals surface area (Å²) in [5.74, 6) is 0.708. The molecule has 0 amide bonds. The SMILES string of the molecule is COc1c(N(C)C(C)CN)nc[nH]c1=O. The third-order valence-electron chi connectivity index (χ3n) is 2.33. The van der Waals surface area contributed by atoms with Crippen LogP contribution in [0.5, 0.6) is 5.75 Å². The van der Waals surface area contributed by atoms with Gasteiger partial charge in [0.05, 0.1) is 13.4 Å². The molecule has 1 atom stereocenters. The van der Waals surface area contributed by atoms with E-state index in [1.807, 2.05) is 18.9 Å². The second-order valence-electron chi connectivity index (χ2n) is 3.28. The first-order valence-electron chi connectivity index (χ1n) is 4.66. The predicted octanol–water partition coefficient (Wildman–Crippen LogP) is -0.438. The van der Waals surface area contributed by atoms with Crippen molar-refractivity contribution in [3.8, 4) is 5.75 Å². The second kappa shape index (κ2) is 4.79. The van der Waals surface area contributed by atoms with E-state index in [-0.39, 0.29) is 17.4 Å². The molecule has 3 N–H and O–H groups in total. The van der Waals surface area contributed by atoms with Crippen molar-refractivity contribution in [2.24, 2.45) is 5.73 Å². The van der Waals surface area contributed by atoms with Crippen molar-refractivity contribution in [1.82, 2.24) is 9.97 Å². The van der Waals surface area contributed by atoms with Crippen molar-refractivity contribution in [2.75, 3.05) is 25.6 Å². The number of rotatable bonds is 4. The average molecular weight is 212 g/mol. The summed E-state index contributed by atoms with van der Waals surface area (Å²) in [5.41, 5.74) is 5.25. The van der Waals surface area contributed by atoms with Crippen molar-refractivity contribution >= 4 is 5.82 Å². The van der Waals surface area contributed by atoms with Gasteiger partial charge in [-0.3, -0.25) is 4.79 Å². The first-order valence-corrected chi connectivity index (χ1v) is 4.66. The smallest absolute Gasteiger partial charge is 0.295 e. The molecule has 1 aromatic rings. The molecule has 0 spiro atoms. The van der Waals surface area contributed by atoms with Crippen LogP contribution in [0.25, 0.3) is 0 Å². The Morgan fingerprint density at radius 2 is 2.40 bits per heavy atom. The number of H-pyrrole nitrogens is 1. The van der Waals surface area contributed by atoms with Crippen molar-refractivity contribution in [1.29, 1.82) is 0 Å². The van der Waals surface area contributed by atoms with Gasteiger partial charge in [0.25, 0.3) is 5.56 Å². The van der Waals surface area contributed by atoms with Gasteiger partial charge in [0, 0.05) is 19.6 Å². The molecule has 6 heteroatoms. The average Bonchev–Trinajstić information content (AvgIpc) is 2.26. The lowest BCUT2D eigenvalue weighted by molar-refractivity contribution is 0.405. The molecule has 84 valence electrons. The highest BCUT2D eigenvalue weighted by Gasteiger charge is 2.16. The summed E-state index contributed by atoms with van der Waals surface area (Å²) >= 11 is 0.